The highest BCUT2D eigenvalue weighted by Crippen LogP contribution is 2.17. The Bertz CT molecular complexity index is 526. The number of rotatable bonds is 5. The molecule has 1 heterocycles. The lowest BCUT2D eigenvalue weighted by atomic mass is 10.0. The highest BCUT2D eigenvalue weighted by Gasteiger charge is 2.22. The molecule has 1 atom stereocenters. The van der Waals surface area contributed by atoms with Crippen LogP contribution in [0.15, 0.2) is 18.2 Å². The van der Waals surface area contributed by atoms with Crippen LogP contribution in [0.25, 0.3) is 0 Å². The molecule has 1 unspecified atom stereocenters. The molecule has 1 aromatic carbocycles. The summed E-state index contributed by atoms with van der Waals surface area (Å²) < 4.78 is 0. The summed E-state index contributed by atoms with van der Waals surface area (Å²) in [5.41, 5.74) is 2.81. The van der Waals surface area contributed by atoms with Crippen LogP contribution in [0.4, 0.5) is 0 Å². The van der Waals surface area contributed by atoms with Gasteiger partial charge in [0.1, 0.15) is 6.04 Å². The third-order valence-corrected chi connectivity index (χ3v) is 3.41. The number of benzene rings is 1. The summed E-state index contributed by atoms with van der Waals surface area (Å²) in [6, 6.07) is 4.66. The first-order chi connectivity index (χ1) is 9.47. The van der Waals surface area contributed by atoms with Gasteiger partial charge in [0, 0.05) is 18.7 Å². The van der Waals surface area contributed by atoms with E-state index >= 15 is 0 Å². The fourth-order valence-corrected chi connectivity index (χ4v) is 2.37. The Labute approximate surface area is 118 Å². The van der Waals surface area contributed by atoms with Gasteiger partial charge in [-0.15, -0.1) is 0 Å². The van der Waals surface area contributed by atoms with Crippen LogP contribution in [0.1, 0.15) is 41.8 Å². The van der Waals surface area contributed by atoms with Gasteiger partial charge in [0.2, 0.25) is 0 Å². The van der Waals surface area contributed by atoms with Crippen LogP contribution >= 0.6 is 0 Å². The molecule has 2 rings (SSSR count). The van der Waals surface area contributed by atoms with E-state index in [-0.39, 0.29) is 11.8 Å². The van der Waals surface area contributed by atoms with E-state index in [0.29, 0.717) is 12.0 Å². The minimum Gasteiger partial charge on any atom is -0.480 e. The second-order valence-corrected chi connectivity index (χ2v) is 5.58. The second kappa shape index (κ2) is 6.05. The lowest BCUT2D eigenvalue weighted by Crippen LogP contribution is -2.41. The number of hydrogen-bond acceptors (Lipinski definition) is 3. The average Bonchev–Trinajstić information content (AvgIpc) is 2.84. The van der Waals surface area contributed by atoms with Crippen molar-refractivity contribution in [1.82, 2.24) is 10.6 Å². The van der Waals surface area contributed by atoms with Gasteiger partial charge in [0.15, 0.2) is 0 Å². The van der Waals surface area contributed by atoms with Crippen LogP contribution in [0.5, 0.6) is 0 Å². The molecule has 20 heavy (non-hydrogen) atoms. The van der Waals surface area contributed by atoms with Crippen molar-refractivity contribution < 1.29 is 14.7 Å². The molecule has 1 aromatic rings. The van der Waals surface area contributed by atoms with Gasteiger partial charge in [0.05, 0.1) is 0 Å². The van der Waals surface area contributed by atoms with Crippen molar-refractivity contribution in [1.29, 1.82) is 0 Å². The number of fused-ring (bicyclic) bond motifs is 1. The first-order valence-corrected chi connectivity index (χ1v) is 6.83. The summed E-state index contributed by atoms with van der Waals surface area (Å²) in [4.78, 5) is 23.3. The third kappa shape index (κ3) is 3.36. The van der Waals surface area contributed by atoms with Gasteiger partial charge in [0.25, 0.3) is 5.91 Å². The smallest absolute Gasteiger partial charge is 0.326 e. The molecular weight excluding hydrogens is 256 g/mol. The Hall–Kier alpha value is -1.88. The van der Waals surface area contributed by atoms with E-state index in [4.69, 9.17) is 5.11 Å². The lowest BCUT2D eigenvalue weighted by Gasteiger charge is -2.16. The van der Waals surface area contributed by atoms with Gasteiger partial charge in [-0.25, -0.2) is 4.79 Å². The Morgan fingerprint density at radius 2 is 2.00 bits per heavy atom. The summed E-state index contributed by atoms with van der Waals surface area (Å²) in [6.07, 6.45) is 0.424. The summed E-state index contributed by atoms with van der Waals surface area (Å²) in [6.45, 7) is 5.44. The van der Waals surface area contributed by atoms with Gasteiger partial charge in [-0.3, -0.25) is 4.79 Å². The predicted octanol–water partition coefficient (Wildman–Crippen LogP) is 1.52. The highest BCUT2D eigenvalue weighted by molar-refractivity contribution is 5.96. The number of aliphatic carboxylic acids is 1. The molecule has 1 aliphatic heterocycles. The summed E-state index contributed by atoms with van der Waals surface area (Å²) in [7, 11) is 0. The predicted molar refractivity (Wildman–Crippen MR) is 75.3 cm³/mol. The number of carbonyl (C=O) groups excluding carboxylic acids is 1. The fraction of sp³-hybridized carbons (Fsp3) is 0.467. The zero-order valence-corrected chi connectivity index (χ0v) is 11.8. The Morgan fingerprint density at radius 3 is 2.65 bits per heavy atom. The minimum atomic E-state index is -0.991. The number of carboxylic acid groups (broad SMARTS) is 1. The molecule has 0 fully saturated rings. The molecule has 5 heteroatoms. The number of carbonyl (C=O) groups is 2. The van der Waals surface area contributed by atoms with Crippen LogP contribution in [0.3, 0.4) is 0 Å². The van der Waals surface area contributed by atoms with Crippen molar-refractivity contribution in [3.8, 4) is 0 Å². The molecule has 0 aliphatic carbocycles. The van der Waals surface area contributed by atoms with Crippen LogP contribution in [-0.4, -0.2) is 23.0 Å². The second-order valence-electron chi connectivity index (χ2n) is 5.58. The van der Waals surface area contributed by atoms with E-state index in [0.717, 1.165) is 18.7 Å². The van der Waals surface area contributed by atoms with Gasteiger partial charge < -0.3 is 15.7 Å². The van der Waals surface area contributed by atoms with Crippen molar-refractivity contribution in [2.75, 3.05) is 0 Å². The van der Waals surface area contributed by atoms with Crippen molar-refractivity contribution in [3.63, 3.8) is 0 Å². The molecule has 0 saturated heterocycles. The normalized spacial score (nSPS) is 14.9. The van der Waals surface area contributed by atoms with Crippen molar-refractivity contribution in [2.45, 2.75) is 39.4 Å². The quantitative estimate of drug-likeness (QED) is 0.762. The fourth-order valence-electron chi connectivity index (χ4n) is 2.37. The van der Waals surface area contributed by atoms with Crippen LogP contribution in [0, 0.1) is 5.92 Å². The van der Waals surface area contributed by atoms with E-state index in [2.05, 4.69) is 10.6 Å². The molecule has 0 spiro atoms. The maximum atomic E-state index is 12.1. The standard InChI is InChI=1S/C15H20N2O3/c1-9(2)5-13(15(19)20)17-14(18)10-3-4-11-7-16-8-12(11)6-10/h3-4,6,9,13,16H,5,7-8H2,1-2H3,(H,17,18)(H,19,20). The third-order valence-electron chi connectivity index (χ3n) is 3.41. The Morgan fingerprint density at radius 1 is 1.30 bits per heavy atom. The monoisotopic (exact) mass is 276 g/mol. The molecule has 1 aliphatic rings. The molecule has 0 aromatic heterocycles. The maximum absolute atomic E-state index is 12.1. The molecule has 3 N–H and O–H groups in total. The average molecular weight is 276 g/mol. The minimum absolute atomic E-state index is 0.209. The van der Waals surface area contributed by atoms with Crippen molar-refractivity contribution >= 4 is 11.9 Å². The van der Waals surface area contributed by atoms with E-state index in [1.165, 1.54) is 5.56 Å². The van der Waals surface area contributed by atoms with Crippen molar-refractivity contribution in [2.24, 2.45) is 5.92 Å². The van der Waals surface area contributed by atoms with Gasteiger partial charge >= 0.3 is 5.97 Å². The van der Waals surface area contributed by atoms with Crippen LogP contribution < -0.4 is 10.6 Å². The van der Waals surface area contributed by atoms with E-state index in [1.807, 2.05) is 26.0 Å². The van der Waals surface area contributed by atoms with Crippen LogP contribution in [-0.2, 0) is 17.9 Å². The molecule has 1 amide bonds. The zero-order valence-electron chi connectivity index (χ0n) is 11.8. The molecule has 0 radical (unpaired) electrons. The van der Waals surface area contributed by atoms with E-state index in [1.54, 1.807) is 6.07 Å². The summed E-state index contributed by atoms with van der Waals surface area (Å²) in [5, 5.41) is 15.0. The number of nitrogens with one attached hydrogen (secondary N) is 2. The molecule has 5 nitrogen and oxygen atoms in total. The number of hydrogen-bond donors (Lipinski definition) is 3. The highest BCUT2D eigenvalue weighted by atomic mass is 16.4. The number of amides is 1. The van der Waals surface area contributed by atoms with Crippen LogP contribution in [0.2, 0.25) is 0 Å². The van der Waals surface area contributed by atoms with E-state index < -0.39 is 12.0 Å². The maximum Gasteiger partial charge on any atom is 0.326 e. The molecular formula is C15H20N2O3. The molecule has 108 valence electrons. The molecule has 0 bridgehead atoms. The first kappa shape index (κ1) is 14.5. The summed E-state index contributed by atoms with van der Waals surface area (Å²) in [5.74, 6) is -1.11. The lowest BCUT2D eigenvalue weighted by molar-refractivity contribution is -0.139. The topological polar surface area (TPSA) is 78.4 Å². The molecule has 0 saturated carbocycles. The van der Waals surface area contributed by atoms with Gasteiger partial charge in [-0.2, -0.15) is 0 Å². The largest absolute Gasteiger partial charge is 0.480 e. The first-order valence-electron chi connectivity index (χ1n) is 6.83. The Kier molecular flexibility index (Phi) is 4.39. The summed E-state index contributed by atoms with van der Waals surface area (Å²) >= 11 is 0. The van der Waals surface area contributed by atoms with Gasteiger partial charge in [-0.1, -0.05) is 19.9 Å². The Balaban J connectivity index is 2.08. The zero-order chi connectivity index (χ0) is 14.7. The van der Waals surface area contributed by atoms with E-state index in [9.17, 15) is 9.59 Å². The van der Waals surface area contributed by atoms with Crippen molar-refractivity contribution in [3.05, 3.63) is 34.9 Å². The number of carboxylic acids is 1. The van der Waals surface area contributed by atoms with Gasteiger partial charge in [-0.05, 0) is 35.6 Å². The SMILES string of the molecule is CC(C)CC(NC(=O)c1ccc2c(c1)CNC2)C(=O)O.